The molecule has 24 heavy (non-hydrogen) atoms. The molecule has 2 heterocycles. The van der Waals surface area contributed by atoms with E-state index in [1.165, 1.54) is 0 Å². The zero-order valence-corrected chi connectivity index (χ0v) is 11.9. The molecule has 0 spiro atoms. The van der Waals surface area contributed by atoms with E-state index in [1.807, 2.05) is 0 Å². The molecule has 0 saturated carbocycles. The monoisotopic (exact) mass is 351 g/mol. The predicted octanol–water partition coefficient (Wildman–Crippen LogP) is -4.01. The molecule has 0 aliphatic carbocycles. The molecule has 0 radical (unpaired) electrons. The largest absolute Gasteiger partial charge is 0.865 e. The lowest BCUT2D eigenvalue weighted by Gasteiger charge is -2.14. The van der Waals surface area contributed by atoms with E-state index < -0.39 is 72.6 Å². The summed E-state index contributed by atoms with van der Waals surface area (Å²) in [7, 11) is 0. The van der Waals surface area contributed by atoms with Crippen LogP contribution in [-0.4, -0.2) is 85.3 Å². The Kier molecular flexibility index (Phi) is 6.36. The second-order valence-electron chi connectivity index (χ2n) is 4.60. The summed E-state index contributed by atoms with van der Waals surface area (Å²) < 4.78 is 8.57. The topological polar surface area (TPSA) is 217 Å². The molecule has 7 N–H and O–H groups in total. The summed E-state index contributed by atoms with van der Waals surface area (Å²) in [6.07, 6.45) is -5.66. The van der Waals surface area contributed by atoms with E-state index in [0.29, 0.717) is 0 Å². The van der Waals surface area contributed by atoms with Crippen molar-refractivity contribution >= 4 is 11.9 Å². The lowest BCUT2D eigenvalue weighted by Crippen LogP contribution is -2.31. The number of hydrogen-bond acceptors (Lipinski definition) is 12. The third-order valence-corrected chi connectivity index (χ3v) is 2.93. The lowest BCUT2D eigenvalue weighted by molar-refractivity contribution is -0.303. The van der Waals surface area contributed by atoms with Gasteiger partial charge in [-0.2, -0.15) is 0 Å². The molecule has 2 aliphatic heterocycles. The van der Waals surface area contributed by atoms with Crippen LogP contribution in [-0.2, 0) is 19.1 Å². The SMILES string of the molecule is O=C1OC(C(O)CO)C(O)=C1O.O=C1OC(C(O)CO)C(O)=C1[O-]. The van der Waals surface area contributed by atoms with Crippen LogP contribution < -0.4 is 5.11 Å². The maximum Gasteiger partial charge on any atom is 0.377 e. The first-order valence-corrected chi connectivity index (χ1v) is 6.37. The van der Waals surface area contributed by atoms with Gasteiger partial charge in [0.15, 0.2) is 18.0 Å². The van der Waals surface area contributed by atoms with E-state index in [2.05, 4.69) is 9.47 Å². The summed E-state index contributed by atoms with van der Waals surface area (Å²) in [5, 5.41) is 71.8. The molecule has 0 bridgehead atoms. The normalized spacial score (nSPS) is 25.8. The Labute approximate surface area is 133 Å². The van der Waals surface area contributed by atoms with Gasteiger partial charge in [-0.05, 0) is 0 Å². The summed E-state index contributed by atoms with van der Waals surface area (Å²) in [4.78, 5) is 21.0. The summed E-state index contributed by atoms with van der Waals surface area (Å²) in [6, 6.07) is 0. The van der Waals surface area contributed by atoms with Gasteiger partial charge in [-0.25, -0.2) is 9.59 Å². The minimum atomic E-state index is -1.46. The van der Waals surface area contributed by atoms with Crippen LogP contribution in [0.15, 0.2) is 23.0 Å². The number of esters is 2. The van der Waals surface area contributed by atoms with Crippen LogP contribution in [0.1, 0.15) is 0 Å². The van der Waals surface area contributed by atoms with Crippen molar-refractivity contribution in [2.45, 2.75) is 24.4 Å². The van der Waals surface area contributed by atoms with Crippen LogP contribution in [0.4, 0.5) is 0 Å². The molecule has 2 rings (SSSR count). The van der Waals surface area contributed by atoms with Gasteiger partial charge in [0.05, 0.1) is 13.2 Å². The van der Waals surface area contributed by atoms with E-state index in [1.54, 1.807) is 0 Å². The summed E-state index contributed by atoms with van der Waals surface area (Å²) >= 11 is 0. The smallest absolute Gasteiger partial charge is 0.377 e. The molecule has 0 aromatic rings. The number of hydrogen-bond donors (Lipinski definition) is 7. The summed E-state index contributed by atoms with van der Waals surface area (Å²) in [5.74, 6) is -6.03. The third kappa shape index (κ3) is 3.86. The van der Waals surface area contributed by atoms with E-state index >= 15 is 0 Å². The van der Waals surface area contributed by atoms with Gasteiger partial charge in [0.2, 0.25) is 5.76 Å². The Morgan fingerprint density at radius 1 is 0.875 bits per heavy atom. The number of cyclic esters (lactones) is 2. The van der Waals surface area contributed by atoms with Gasteiger partial charge < -0.3 is 50.3 Å². The third-order valence-electron chi connectivity index (χ3n) is 2.93. The van der Waals surface area contributed by atoms with Gasteiger partial charge in [-0.1, -0.05) is 0 Å². The summed E-state index contributed by atoms with van der Waals surface area (Å²) in [6.45, 7) is -1.37. The number of aliphatic hydroxyl groups is 7. The van der Waals surface area contributed by atoms with Crippen LogP contribution >= 0.6 is 0 Å². The highest BCUT2D eigenvalue weighted by Crippen LogP contribution is 2.21. The van der Waals surface area contributed by atoms with Gasteiger partial charge in [0.25, 0.3) is 0 Å². The highest BCUT2D eigenvalue weighted by Gasteiger charge is 2.38. The molecular weight excluding hydrogens is 336 g/mol. The first-order chi connectivity index (χ1) is 11.1. The number of aliphatic hydroxyl groups excluding tert-OH is 7. The van der Waals surface area contributed by atoms with E-state index in [-0.39, 0.29) is 0 Å². The first-order valence-electron chi connectivity index (χ1n) is 6.37. The maximum atomic E-state index is 10.6. The second kappa shape index (κ2) is 7.83. The number of ether oxygens (including phenoxy) is 2. The molecule has 4 atom stereocenters. The maximum absolute atomic E-state index is 10.6. The number of carbonyl (C=O) groups is 2. The Bertz CT molecular complexity index is 514. The van der Waals surface area contributed by atoms with Crippen LogP contribution in [0.25, 0.3) is 0 Å². The lowest BCUT2D eigenvalue weighted by atomic mass is 10.2. The molecule has 136 valence electrons. The van der Waals surface area contributed by atoms with Crippen molar-refractivity contribution in [3.8, 4) is 0 Å². The highest BCUT2D eigenvalue weighted by atomic mass is 16.6. The van der Waals surface area contributed by atoms with Crippen molar-refractivity contribution in [2.75, 3.05) is 13.2 Å². The van der Waals surface area contributed by atoms with Crippen LogP contribution in [0.3, 0.4) is 0 Å². The van der Waals surface area contributed by atoms with Crippen molar-refractivity contribution < 1.29 is 59.9 Å². The summed E-state index contributed by atoms with van der Waals surface area (Å²) in [5.41, 5.74) is 0. The molecule has 4 unspecified atom stereocenters. The highest BCUT2D eigenvalue weighted by molar-refractivity contribution is 5.89. The van der Waals surface area contributed by atoms with Crippen molar-refractivity contribution in [2.24, 2.45) is 0 Å². The fourth-order valence-electron chi connectivity index (χ4n) is 1.64. The van der Waals surface area contributed by atoms with Gasteiger partial charge in [-0.3, -0.25) is 0 Å². The quantitative estimate of drug-likeness (QED) is 0.241. The van der Waals surface area contributed by atoms with Crippen molar-refractivity contribution in [1.29, 1.82) is 0 Å². The van der Waals surface area contributed by atoms with Crippen molar-refractivity contribution in [3.05, 3.63) is 23.0 Å². The van der Waals surface area contributed by atoms with E-state index in [9.17, 15) is 14.7 Å². The first kappa shape index (κ1) is 19.5. The minimum Gasteiger partial charge on any atom is -0.865 e. The molecule has 12 nitrogen and oxygen atoms in total. The Hall–Kier alpha value is -2.54. The van der Waals surface area contributed by atoms with Gasteiger partial charge >= 0.3 is 11.9 Å². The average molecular weight is 351 g/mol. The van der Waals surface area contributed by atoms with E-state index in [0.717, 1.165) is 0 Å². The Balaban J connectivity index is 0.000000240. The fourth-order valence-corrected chi connectivity index (χ4v) is 1.64. The Morgan fingerprint density at radius 2 is 1.29 bits per heavy atom. The molecule has 0 aromatic carbocycles. The van der Waals surface area contributed by atoms with Gasteiger partial charge in [0, 0.05) is 5.76 Å². The number of rotatable bonds is 4. The predicted molar refractivity (Wildman–Crippen MR) is 67.9 cm³/mol. The van der Waals surface area contributed by atoms with Crippen molar-refractivity contribution in [1.82, 2.24) is 0 Å². The standard InChI is InChI=1S/2C6H8O6/c2*7-1-2(8)5-3(9)4(10)6(11)12-5/h2*2,5,7-10H,1H2/p-1. The van der Waals surface area contributed by atoms with Crippen LogP contribution in [0.2, 0.25) is 0 Å². The van der Waals surface area contributed by atoms with E-state index in [4.69, 9.17) is 35.7 Å². The zero-order valence-electron chi connectivity index (χ0n) is 11.9. The minimum absolute atomic E-state index is 0.671. The van der Waals surface area contributed by atoms with Gasteiger partial charge in [-0.15, -0.1) is 0 Å². The van der Waals surface area contributed by atoms with Gasteiger partial charge in [0.1, 0.15) is 18.0 Å². The van der Waals surface area contributed by atoms with Crippen LogP contribution in [0.5, 0.6) is 0 Å². The molecule has 0 saturated heterocycles. The molecule has 12 heteroatoms. The molecule has 0 fully saturated rings. The number of carbonyl (C=O) groups excluding carboxylic acids is 2. The molecule has 0 amide bonds. The zero-order chi connectivity index (χ0) is 18.6. The van der Waals surface area contributed by atoms with Crippen LogP contribution in [0, 0.1) is 0 Å². The molecule has 0 aromatic heterocycles. The average Bonchev–Trinajstić information content (AvgIpc) is 2.98. The fraction of sp³-hybridized carbons (Fsp3) is 0.500. The molecular formula is C12H15O12-. The molecule has 2 aliphatic rings. The second-order valence-corrected chi connectivity index (χ2v) is 4.60. The van der Waals surface area contributed by atoms with Crippen molar-refractivity contribution in [3.63, 3.8) is 0 Å². The Morgan fingerprint density at radius 3 is 1.58 bits per heavy atom.